The average molecular weight is 316 g/mol. The summed E-state index contributed by atoms with van der Waals surface area (Å²) in [5, 5.41) is 0. The molecule has 0 rings (SSSR count). The van der Waals surface area contributed by atoms with E-state index in [1.165, 1.54) is 25.7 Å². The van der Waals surface area contributed by atoms with Crippen LogP contribution >= 0.6 is 7.82 Å². The molecule has 0 aliphatic heterocycles. The molecule has 0 saturated carbocycles. The summed E-state index contributed by atoms with van der Waals surface area (Å²) in [5.41, 5.74) is 0. The molecular formula is C14H30NaO4P. The smallest absolute Gasteiger partial charge is 0.756 e. The van der Waals surface area contributed by atoms with E-state index < -0.39 is 7.82 Å². The fourth-order valence-corrected chi connectivity index (χ4v) is 2.58. The third-order valence-corrected chi connectivity index (χ3v) is 3.99. The summed E-state index contributed by atoms with van der Waals surface area (Å²) in [6.07, 6.45) is 10.6. The minimum absolute atomic E-state index is 0. The van der Waals surface area contributed by atoms with Crippen molar-refractivity contribution in [3.05, 3.63) is 0 Å². The Hall–Kier alpha value is 1.11. The van der Waals surface area contributed by atoms with Crippen molar-refractivity contribution in [2.75, 3.05) is 13.2 Å². The Morgan fingerprint density at radius 3 is 1.45 bits per heavy atom. The van der Waals surface area contributed by atoms with E-state index >= 15 is 0 Å². The molecule has 116 valence electrons. The topological polar surface area (TPSA) is 58.6 Å². The fraction of sp³-hybridized carbons (Fsp3) is 1.00. The Balaban J connectivity index is 0. The van der Waals surface area contributed by atoms with Crippen molar-refractivity contribution in [2.24, 2.45) is 0 Å². The van der Waals surface area contributed by atoms with Gasteiger partial charge in [-0.1, -0.05) is 65.2 Å². The van der Waals surface area contributed by atoms with Gasteiger partial charge in [-0.05, 0) is 12.8 Å². The maximum Gasteiger partial charge on any atom is 1.00 e. The molecule has 0 amide bonds. The Morgan fingerprint density at radius 2 is 1.10 bits per heavy atom. The molecule has 0 radical (unpaired) electrons. The van der Waals surface area contributed by atoms with Gasteiger partial charge in [-0.2, -0.15) is 0 Å². The largest absolute Gasteiger partial charge is 1.00 e. The number of hydrogen-bond acceptors (Lipinski definition) is 4. The monoisotopic (exact) mass is 316 g/mol. The van der Waals surface area contributed by atoms with Crippen molar-refractivity contribution >= 4 is 7.82 Å². The minimum Gasteiger partial charge on any atom is -0.756 e. The van der Waals surface area contributed by atoms with Crippen LogP contribution < -0.4 is 34.5 Å². The molecule has 0 aliphatic carbocycles. The quantitative estimate of drug-likeness (QED) is 0.276. The van der Waals surface area contributed by atoms with E-state index in [-0.39, 0.29) is 42.8 Å². The van der Waals surface area contributed by atoms with Crippen LogP contribution in [-0.4, -0.2) is 13.2 Å². The third-order valence-electron chi connectivity index (χ3n) is 2.99. The molecule has 0 aromatic rings. The summed E-state index contributed by atoms with van der Waals surface area (Å²) >= 11 is 0. The molecule has 0 atom stereocenters. The zero-order valence-corrected chi connectivity index (χ0v) is 16.5. The average Bonchev–Trinajstić information content (AvgIpc) is 2.38. The second-order valence-corrected chi connectivity index (χ2v) is 6.35. The molecule has 0 aromatic heterocycles. The Morgan fingerprint density at radius 1 is 0.750 bits per heavy atom. The van der Waals surface area contributed by atoms with Crippen LogP contribution in [0.1, 0.15) is 78.1 Å². The molecule has 0 spiro atoms. The SMILES string of the molecule is CCCCCCCOP(=O)([O-])OCCCCCCC.[Na+]. The zero-order chi connectivity index (χ0) is 14.4. The standard InChI is InChI=1S/C14H31O4P.Na/c1-3-5-7-9-11-13-17-19(15,16)18-14-12-10-8-6-4-2;/h3-14H2,1-2H3,(H,15,16);/q;+1/p-1. The van der Waals surface area contributed by atoms with Gasteiger partial charge in [0.1, 0.15) is 0 Å². The summed E-state index contributed by atoms with van der Waals surface area (Å²) in [7, 11) is -4.05. The Kier molecular flexibility index (Phi) is 19.3. The van der Waals surface area contributed by atoms with Gasteiger partial charge in [-0.3, -0.25) is 4.57 Å². The van der Waals surface area contributed by atoms with E-state index in [1.807, 2.05) is 0 Å². The summed E-state index contributed by atoms with van der Waals surface area (Å²) in [5.74, 6) is 0. The van der Waals surface area contributed by atoms with Crippen LogP contribution in [0.4, 0.5) is 0 Å². The molecule has 0 fully saturated rings. The molecule has 6 heteroatoms. The van der Waals surface area contributed by atoms with Gasteiger partial charge in [0.15, 0.2) is 0 Å². The van der Waals surface area contributed by atoms with E-state index in [0.717, 1.165) is 38.5 Å². The van der Waals surface area contributed by atoms with Crippen LogP contribution in [-0.2, 0) is 13.6 Å². The first-order valence-corrected chi connectivity index (χ1v) is 9.18. The summed E-state index contributed by atoms with van der Waals surface area (Å²) in [6, 6.07) is 0. The maximum absolute atomic E-state index is 11.4. The molecule has 0 saturated heterocycles. The van der Waals surface area contributed by atoms with Crippen LogP contribution in [0, 0.1) is 0 Å². The molecule has 0 heterocycles. The van der Waals surface area contributed by atoms with Crippen LogP contribution in [0.3, 0.4) is 0 Å². The van der Waals surface area contributed by atoms with Crippen molar-refractivity contribution in [3.63, 3.8) is 0 Å². The second-order valence-electron chi connectivity index (χ2n) is 4.94. The maximum atomic E-state index is 11.4. The predicted molar refractivity (Wildman–Crippen MR) is 77.0 cm³/mol. The minimum atomic E-state index is -4.05. The Labute approximate surface area is 146 Å². The number of phosphoric acid groups is 1. The van der Waals surface area contributed by atoms with Crippen molar-refractivity contribution in [3.8, 4) is 0 Å². The molecule has 0 unspecified atom stereocenters. The molecule has 0 bridgehead atoms. The third kappa shape index (κ3) is 17.2. The van der Waals surface area contributed by atoms with Gasteiger partial charge in [0.2, 0.25) is 0 Å². The van der Waals surface area contributed by atoms with Crippen molar-refractivity contribution in [1.82, 2.24) is 0 Å². The normalized spacial score (nSPS) is 11.3. The first-order chi connectivity index (χ1) is 9.12. The fourth-order valence-electron chi connectivity index (χ4n) is 1.80. The first-order valence-electron chi connectivity index (χ1n) is 7.72. The van der Waals surface area contributed by atoms with Gasteiger partial charge in [-0.15, -0.1) is 0 Å². The van der Waals surface area contributed by atoms with Crippen LogP contribution in [0.2, 0.25) is 0 Å². The zero-order valence-electron chi connectivity index (χ0n) is 13.6. The summed E-state index contributed by atoms with van der Waals surface area (Å²) < 4.78 is 21.0. The molecule has 20 heavy (non-hydrogen) atoms. The molecule has 0 N–H and O–H groups in total. The van der Waals surface area contributed by atoms with E-state index in [2.05, 4.69) is 13.8 Å². The van der Waals surface area contributed by atoms with Gasteiger partial charge < -0.3 is 13.9 Å². The van der Waals surface area contributed by atoms with E-state index in [9.17, 15) is 9.46 Å². The molecule has 0 aliphatic rings. The number of unbranched alkanes of at least 4 members (excludes halogenated alkanes) is 8. The first kappa shape index (κ1) is 23.4. The van der Waals surface area contributed by atoms with E-state index in [1.54, 1.807) is 0 Å². The summed E-state index contributed by atoms with van der Waals surface area (Å²) in [6.45, 7) is 4.80. The summed E-state index contributed by atoms with van der Waals surface area (Å²) in [4.78, 5) is 11.4. The Bertz CT molecular complexity index is 219. The second kappa shape index (κ2) is 16.5. The van der Waals surface area contributed by atoms with Crippen LogP contribution in [0.25, 0.3) is 0 Å². The van der Waals surface area contributed by atoms with Gasteiger partial charge in [0, 0.05) is 0 Å². The van der Waals surface area contributed by atoms with Crippen molar-refractivity contribution in [1.29, 1.82) is 0 Å². The van der Waals surface area contributed by atoms with Crippen LogP contribution in [0.5, 0.6) is 0 Å². The van der Waals surface area contributed by atoms with Gasteiger partial charge in [0.05, 0.1) is 13.2 Å². The van der Waals surface area contributed by atoms with E-state index in [4.69, 9.17) is 9.05 Å². The van der Waals surface area contributed by atoms with Gasteiger partial charge in [0.25, 0.3) is 7.82 Å². The van der Waals surface area contributed by atoms with Crippen molar-refractivity contribution < 1.29 is 48.1 Å². The number of phosphoric ester groups is 1. The molecular weight excluding hydrogens is 286 g/mol. The molecule has 4 nitrogen and oxygen atoms in total. The van der Waals surface area contributed by atoms with Gasteiger partial charge in [-0.25, -0.2) is 0 Å². The van der Waals surface area contributed by atoms with Crippen molar-refractivity contribution in [2.45, 2.75) is 78.1 Å². The number of hydrogen-bond donors (Lipinski definition) is 0. The molecule has 0 aromatic carbocycles. The van der Waals surface area contributed by atoms with Gasteiger partial charge >= 0.3 is 29.6 Å². The number of rotatable bonds is 14. The van der Waals surface area contributed by atoms with Crippen LogP contribution in [0.15, 0.2) is 0 Å². The predicted octanol–water partition coefficient (Wildman–Crippen LogP) is 1.43. The van der Waals surface area contributed by atoms with E-state index in [0.29, 0.717) is 0 Å².